The number of halogens is 3. The van der Waals surface area contributed by atoms with E-state index in [1.165, 1.54) is 19.9 Å². The average molecular weight is 497 g/mol. The number of nitrogens with one attached hydrogen (secondary N) is 1. The van der Waals surface area contributed by atoms with Crippen LogP contribution in [0.2, 0.25) is 5.02 Å². The van der Waals surface area contributed by atoms with E-state index in [2.05, 4.69) is 15.3 Å². The molecule has 2 fully saturated rings. The van der Waals surface area contributed by atoms with E-state index < -0.39 is 17.2 Å². The second-order valence-corrected chi connectivity index (χ2v) is 9.40. The lowest BCUT2D eigenvalue weighted by Crippen LogP contribution is -2.28. The lowest BCUT2D eigenvalue weighted by atomic mass is 10.0. The molecule has 3 heterocycles. The SMILES string of the molecule is CC(C)(O)COc1cc(F)c(CNc2nc(N=CC3COC4CCOC34)c(N)cc2Cl)c(F)c1. The van der Waals surface area contributed by atoms with Gasteiger partial charge in [-0.2, -0.15) is 0 Å². The van der Waals surface area contributed by atoms with E-state index in [0.29, 0.717) is 13.2 Å². The molecule has 2 aliphatic rings. The van der Waals surface area contributed by atoms with E-state index in [1.54, 1.807) is 6.21 Å². The van der Waals surface area contributed by atoms with Crippen LogP contribution < -0.4 is 15.8 Å². The molecule has 1 aromatic heterocycles. The summed E-state index contributed by atoms with van der Waals surface area (Å²) in [4.78, 5) is 8.71. The van der Waals surface area contributed by atoms with Crippen LogP contribution in [0.1, 0.15) is 25.8 Å². The molecule has 1 aromatic carbocycles. The van der Waals surface area contributed by atoms with Crippen molar-refractivity contribution in [2.45, 2.75) is 44.6 Å². The Morgan fingerprint density at radius 2 is 2.06 bits per heavy atom. The molecular formula is C23H27ClF2N4O4. The van der Waals surface area contributed by atoms with Crippen LogP contribution in [-0.2, 0) is 16.0 Å². The number of nitrogens with zero attached hydrogens (tertiary/aromatic N) is 2. The highest BCUT2D eigenvalue weighted by Gasteiger charge is 2.40. The van der Waals surface area contributed by atoms with Crippen molar-refractivity contribution in [2.75, 3.05) is 30.9 Å². The number of pyridine rings is 1. The number of hydrogen-bond donors (Lipinski definition) is 3. The minimum Gasteiger partial charge on any atom is -0.490 e. The van der Waals surface area contributed by atoms with Gasteiger partial charge in [-0.3, -0.25) is 0 Å². The van der Waals surface area contributed by atoms with Gasteiger partial charge in [0.25, 0.3) is 0 Å². The van der Waals surface area contributed by atoms with Gasteiger partial charge in [0.2, 0.25) is 0 Å². The maximum Gasteiger partial charge on any atom is 0.177 e. The zero-order chi connectivity index (χ0) is 24.5. The molecule has 2 aliphatic heterocycles. The molecular weight excluding hydrogens is 470 g/mol. The lowest BCUT2D eigenvalue weighted by molar-refractivity contribution is 0.0282. The molecule has 3 atom stereocenters. The molecule has 8 nitrogen and oxygen atoms in total. The summed E-state index contributed by atoms with van der Waals surface area (Å²) in [6, 6.07) is 3.59. The summed E-state index contributed by atoms with van der Waals surface area (Å²) in [5, 5.41) is 12.7. The van der Waals surface area contributed by atoms with Gasteiger partial charge < -0.3 is 30.4 Å². The van der Waals surface area contributed by atoms with Gasteiger partial charge in [-0.05, 0) is 26.3 Å². The number of hydrogen-bond acceptors (Lipinski definition) is 8. The van der Waals surface area contributed by atoms with Crippen LogP contribution in [0.25, 0.3) is 0 Å². The summed E-state index contributed by atoms with van der Waals surface area (Å²) >= 11 is 6.23. The molecule has 0 amide bonds. The Bertz CT molecular complexity index is 1060. The summed E-state index contributed by atoms with van der Waals surface area (Å²) < 4.78 is 45.7. The van der Waals surface area contributed by atoms with Gasteiger partial charge in [0.05, 0.1) is 35.1 Å². The number of aromatic nitrogens is 1. The molecule has 0 spiro atoms. The van der Waals surface area contributed by atoms with Crippen molar-refractivity contribution >= 4 is 35.1 Å². The van der Waals surface area contributed by atoms with Crippen LogP contribution in [0, 0.1) is 17.6 Å². The number of aliphatic hydroxyl groups is 1. The summed E-state index contributed by atoms with van der Waals surface area (Å²) in [6.07, 6.45) is 2.62. The fourth-order valence-corrected chi connectivity index (χ4v) is 4.00. The largest absolute Gasteiger partial charge is 0.490 e. The van der Waals surface area contributed by atoms with Crippen LogP contribution >= 0.6 is 11.6 Å². The smallest absolute Gasteiger partial charge is 0.177 e. The maximum absolute atomic E-state index is 14.5. The monoisotopic (exact) mass is 496 g/mol. The fraction of sp³-hybridized carbons (Fsp3) is 0.478. The molecule has 3 unspecified atom stereocenters. The lowest BCUT2D eigenvalue weighted by Gasteiger charge is -2.18. The standard InChI is InChI=1S/C23H27ClF2N4O4/c1-23(2,31)11-34-13-5-16(25)14(17(26)6-13)9-29-21-15(24)7-18(27)22(30-21)28-8-12-10-33-19-3-4-32-20(12)19/h5-8,12,19-20,31H,3-4,9-11,27H2,1-2H3,(H,29,30). The normalized spacial score (nSPS) is 22.4. The first-order valence-electron chi connectivity index (χ1n) is 10.9. The third kappa shape index (κ3) is 5.75. The Labute approximate surface area is 201 Å². The van der Waals surface area contributed by atoms with Crippen molar-refractivity contribution in [2.24, 2.45) is 10.9 Å². The minimum absolute atomic E-state index is 0.0129. The van der Waals surface area contributed by atoms with E-state index in [1.807, 2.05) is 0 Å². The summed E-state index contributed by atoms with van der Waals surface area (Å²) in [5.74, 6) is -1.25. The second kappa shape index (κ2) is 9.99. The Morgan fingerprint density at radius 3 is 2.76 bits per heavy atom. The van der Waals surface area contributed by atoms with E-state index in [4.69, 9.17) is 31.5 Å². The Morgan fingerprint density at radius 1 is 1.32 bits per heavy atom. The molecule has 34 heavy (non-hydrogen) atoms. The topological polar surface area (TPSA) is 111 Å². The zero-order valence-corrected chi connectivity index (χ0v) is 19.6. The number of fused-ring (bicyclic) bond motifs is 1. The number of rotatable bonds is 8. The van der Waals surface area contributed by atoms with Crippen molar-refractivity contribution in [1.82, 2.24) is 4.98 Å². The first kappa shape index (κ1) is 24.6. The van der Waals surface area contributed by atoms with Crippen molar-refractivity contribution in [3.63, 3.8) is 0 Å². The van der Waals surface area contributed by atoms with Crippen molar-refractivity contribution in [1.29, 1.82) is 0 Å². The van der Waals surface area contributed by atoms with Crippen LogP contribution in [0.15, 0.2) is 23.2 Å². The van der Waals surface area contributed by atoms with E-state index in [9.17, 15) is 13.9 Å². The van der Waals surface area contributed by atoms with Gasteiger partial charge in [0, 0.05) is 43.0 Å². The number of anilines is 2. The van der Waals surface area contributed by atoms with Gasteiger partial charge in [-0.15, -0.1) is 0 Å². The molecule has 4 N–H and O–H groups in total. The molecule has 184 valence electrons. The quantitative estimate of drug-likeness (QED) is 0.476. The Hall–Kier alpha value is -2.53. The Kier molecular flexibility index (Phi) is 7.22. The highest BCUT2D eigenvalue weighted by Crippen LogP contribution is 2.33. The fourth-order valence-electron chi connectivity index (χ4n) is 3.78. The molecule has 0 radical (unpaired) electrons. The predicted octanol–water partition coefficient (Wildman–Crippen LogP) is 3.86. The van der Waals surface area contributed by atoms with E-state index in [0.717, 1.165) is 18.6 Å². The average Bonchev–Trinajstić information content (AvgIpc) is 3.36. The number of ether oxygens (including phenoxy) is 3. The number of nitrogen functional groups attached to an aromatic ring is 1. The molecule has 0 aliphatic carbocycles. The summed E-state index contributed by atoms with van der Waals surface area (Å²) in [6.45, 7) is 3.89. The number of nitrogens with two attached hydrogens (primary N) is 1. The van der Waals surface area contributed by atoms with E-state index in [-0.39, 0.29) is 64.9 Å². The third-order valence-corrected chi connectivity index (χ3v) is 5.80. The molecule has 2 aromatic rings. The number of benzene rings is 1. The van der Waals surface area contributed by atoms with Crippen LogP contribution in [0.5, 0.6) is 5.75 Å². The Balaban J connectivity index is 1.45. The molecule has 2 saturated heterocycles. The summed E-state index contributed by atoms with van der Waals surface area (Å²) in [7, 11) is 0. The minimum atomic E-state index is -1.14. The highest BCUT2D eigenvalue weighted by atomic mass is 35.5. The van der Waals surface area contributed by atoms with Gasteiger partial charge in [0.1, 0.15) is 29.8 Å². The van der Waals surface area contributed by atoms with Crippen molar-refractivity contribution in [3.05, 3.63) is 40.4 Å². The first-order chi connectivity index (χ1) is 16.1. The second-order valence-electron chi connectivity index (χ2n) is 8.99. The van der Waals surface area contributed by atoms with Crippen LogP contribution in [0.3, 0.4) is 0 Å². The van der Waals surface area contributed by atoms with E-state index >= 15 is 0 Å². The summed E-state index contributed by atoms with van der Waals surface area (Å²) in [5.41, 5.74) is 4.92. The zero-order valence-electron chi connectivity index (χ0n) is 18.9. The van der Waals surface area contributed by atoms with Crippen molar-refractivity contribution < 1.29 is 28.1 Å². The van der Waals surface area contributed by atoms with Gasteiger partial charge in [-0.25, -0.2) is 18.8 Å². The highest BCUT2D eigenvalue weighted by molar-refractivity contribution is 6.33. The van der Waals surface area contributed by atoms with Crippen LogP contribution in [-0.4, -0.2) is 53.9 Å². The van der Waals surface area contributed by atoms with Gasteiger partial charge in [-0.1, -0.05) is 11.6 Å². The molecule has 0 saturated carbocycles. The van der Waals surface area contributed by atoms with Crippen molar-refractivity contribution in [3.8, 4) is 5.75 Å². The molecule has 4 rings (SSSR count). The number of aliphatic imine (C=N–C) groups is 1. The maximum atomic E-state index is 14.5. The van der Waals surface area contributed by atoms with Gasteiger partial charge >= 0.3 is 0 Å². The van der Waals surface area contributed by atoms with Gasteiger partial charge in [0.15, 0.2) is 5.82 Å². The molecule has 0 bridgehead atoms. The third-order valence-electron chi connectivity index (χ3n) is 5.52. The first-order valence-corrected chi connectivity index (χ1v) is 11.3. The molecule has 11 heteroatoms. The van der Waals surface area contributed by atoms with Crippen LogP contribution in [0.4, 0.5) is 26.1 Å². The predicted molar refractivity (Wildman–Crippen MR) is 125 cm³/mol.